The van der Waals surface area contributed by atoms with E-state index in [0.717, 1.165) is 7.11 Å². The fourth-order valence-electron chi connectivity index (χ4n) is 9.97. The predicted octanol–water partition coefficient (Wildman–Crippen LogP) is 2.74. The highest BCUT2D eigenvalue weighted by Gasteiger charge is 2.55. The lowest BCUT2D eigenvalue weighted by Gasteiger charge is -2.51. The third-order valence-corrected chi connectivity index (χ3v) is 12.7. The molecule has 60 heavy (non-hydrogen) atoms. The van der Waals surface area contributed by atoms with Crippen molar-refractivity contribution in [1.29, 1.82) is 0 Å². The summed E-state index contributed by atoms with van der Waals surface area (Å²) in [5.74, 6) is -5.67. The van der Waals surface area contributed by atoms with Crippen LogP contribution in [0.4, 0.5) is 0 Å². The van der Waals surface area contributed by atoms with Gasteiger partial charge in [0.15, 0.2) is 30.4 Å². The molecule has 4 fully saturated rings. The van der Waals surface area contributed by atoms with E-state index >= 15 is 0 Å². The number of likely N-dealkylation sites (N-methyl/N-ethyl adjacent to an activating group) is 1. The normalized spacial score (nSPS) is 37.4. The minimum absolute atomic E-state index is 0.0575. The smallest absolute Gasteiger partial charge is 0.316 e. The highest BCUT2D eigenvalue weighted by atomic mass is 16.8. The monoisotopic (exact) mass is 837 g/mol. The molecular weight excluding hydrogens is 786 g/mol. The summed E-state index contributed by atoms with van der Waals surface area (Å²) < 4.78 is 49.5. The van der Waals surface area contributed by atoms with Gasteiger partial charge in [-0.2, -0.15) is 0 Å². The Kier molecular flexibility index (Phi) is 11.3. The molecule has 4 aliphatic heterocycles. The third-order valence-electron chi connectivity index (χ3n) is 12.7. The number of esters is 1. The zero-order valence-corrected chi connectivity index (χ0v) is 34.4. The van der Waals surface area contributed by atoms with Crippen LogP contribution in [0, 0.1) is 0 Å². The van der Waals surface area contributed by atoms with Gasteiger partial charge in [-0.25, -0.2) is 0 Å². The Bertz CT molecular complexity index is 2100. The standard InChI is InChI=1S/C43H51NO16/c1-17(45)15-43(52)16-29(33-22(35(43)41(51)53-7)11-23-34(38(33)50)37(49)32-21(36(23)48)9-8-10-25(32)46)58-30-12-24(44(5)6)39(19(3)54-30)59-31-14-27-40(20(4)55-31)60-42-28(57-27)13-26(47)18(2)56-42/h8-11,18-20,24,27-31,35,39-40,42,46,50,52H,12-16H2,1-7H3/t18-,19-,20-,24-,27?,28?,29-,30-,31-,35-,39+,40?,42?,43+/m0/s1. The number of benzene rings is 2. The molecule has 0 saturated carbocycles. The van der Waals surface area contributed by atoms with Gasteiger partial charge in [0.05, 0.1) is 48.3 Å². The molecule has 14 atom stereocenters. The number of aromatic hydroxyl groups is 2. The van der Waals surface area contributed by atoms with Gasteiger partial charge in [-0.3, -0.25) is 24.0 Å². The molecule has 324 valence electrons. The minimum Gasteiger partial charge on any atom is -0.507 e. The number of carbonyl (C=O) groups excluding carboxylic acids is 5. The number of phenols is 2. The molecule has 17 nitrogen and oxygen atoms in total. The molecule has 0 spiro atoms. The van der Waals surface area contributed by atoms with E-state index in [1.165, 1.54) is 31.2 Å². The maximum atomic E-state index is 14.0. The van der Waals surface area contributed by atoms with E-state index in [-0.39, 0.29) is 52.5 Å². The van der Waals surface area contributed by atoms with Crippen molar-refractivity contribution in [2.75, 3.05) is 21.2 Å². The van der Waals surface area contributed by atoms with Gasteiger partial charge < -0.3 is 58.1 Å². The molecule has 4 saturated heterocycles. The second kappa shape index (κ2) is 15.9. The SMILES string of the molecule is COC(=O)[C@@H]1c2cc3c(c(O)c2[C@@H](O[C@H]2C[C@H](N(C)C)[C@H](O[C@H]4CC5OC6CC(=O)[C@H](C)OC6OC5[C@H](C)O4)[C@H](C)O2)C[C@]1(O)CC(C)=O)C(=O)c1c(O)cccc1C3=O. The summed E-state index contributed by atoms with van der Waals surface area (Å²) in [7, 11) is 4.84. The second-order valence-electron chi connectivity index (χ2n) is 17.1. The van der Waals surface area contributed by atoms with E-state index in [2.05, 4.69) is 0 Å². The lowest BCUT2D eigenvalue weighted by Crippen LogP contribution is -2.62. The van der Waals surface area contributed by atoms with Crippen LogP contribution in [0.1, 0.15) is 115 Å². The second-order valence-corrected chi connectivity index (χ2v) is 17.1. The number of phenolic OH excluding ortho intramolecular Hbond substituents is 2. The van der Waals surface area contributed by atoms with Crippen molar-refractivity contribution in [1.82, 2.24) is 4.90 Å². The fraction of sp³-hybridized carbons (Fsp3) is 0.605. The van der Waals surface area contributed by atoms with E-state index in [0.29, 0.717) is 6.42 Å². The number of ketones is 4. The molecule has 8 rings (SSSR count). The van der Waals surface area contributed by atoms with Crippen LogP contribution in [0.25, 0.3) is 0 Å². The fourth-order valence-corrected chi connectivity index (χ4v) is 9.97. The van der Waals surface area contributed by atoms with E-state index in [9.17, 15) is 39.3 Å². The Balaban J connectivity index is 1.08. The summed E-state index contributed by atoms with van der Waals surface area (Å²) in [5, 5.41) is 35.0. The van der Waals surface area contributed by atoms with Crippen molar-refractivity contribution in [2.45, 2.75) is 145 Å². The number of aliphatic hydroxyl groups is 1. The molecule has 2 aliphatic carbocycles. The summed E-state index contributed by atoms with van der Waals surface area (Å²) in [6.45, 7) is 6.62. The minimum atomic E-state index is -2.12. The molecule has 4 unspecified atom stereocenters. The Hall–Kier alpha value is -4.17. The summed E-state index contributed by atoms with van der Waals surface area (Å²) in [5.41, 5.74) is -3.28. The maximum Gasteiger partial charge on any atom is 0.316 e. The topological polar surface area (TPSA) is 223 Å². The van der Waals surface area contributed by atoms with E-state index in [1.54, 1.807) is 13.8 Å². The van der Waals surface area contributed by atoms with Gasteiger partial charge in [-0.15, -0.1) is 0 Å². The molecule has 2 aromatic carbocycles. The van der Waals surface area contributed by atoms with Crippen LogP contribution < -0.4 is 0 Å². The van der Waals surface area contributed by atoms with Gasteiger partial charge in [-0.05, 0) is 59.5 Å². The number of carbonyl (C=O) groups is 5. The van der Waals surface area contributed by atoms with Crippen molar-refractivity contribution >= 4 is 29.1 Å². The molecule has 3 N–H and O–H groups in total. The van der Waals surface area contributed by atoms with Gasteiger partial charge in [0.25, 0.3) is 0 Å². The molecule has 4 heterocycles. The summed E-state index contributed by atoms with van der Waals surface area (Å²) in [6.07, 6.45) is -7.58. The van der Waals surface area contributed by atoms with Gasteiger partial charge in [0.1, 0.15) is 47.6 Å². The highest BCUT2D eigenvalue weighted by Crippen LogP contribution is 2.54. The number of fused-ring (bicyclic) bond motifs is 5. The van der Waals surface area contributed by atoms with E-state index < -0.39 is 132 Å². The lowest BCUT2D eigenvalue weighted by atomic mass is 9.66. The molecule has 0 bridgehead atoms. The van der Waals surface area contributed by atoms with Crippen LogP contribution in [0.5, 0.6) is 11.5 Å². The zero-order chi connectivity index (χ0) is 43.1. The summed E-state index contributed by atoms with van der Waals surface area (Å²) in [4.78, 5) is 68.4. The number of ether oxygens (including phenoxy) is 8. The zero-order valence-electron chi connectivity index (χ0n) is 34.4. The summed E-state index contributed by atoms with van der Waals surface area (Å²) >= 11 is 0. The van der Waals surface area contributed by atoms with Crippen molar-refractivity contribution in [2.24, 2.45) is 0 Å². The van der Waals surface area contributed by atoms with Crippen molar-refractivity contribution < 1.29 is 77.2 Å². The third kappa shape index (κ3) is 7.26. The van der Waals surface area contributed by atoms with Gasteiger partial charge in [0.2, 0.25) is 5.78 Å². The van der Waals surface area contributed by atoms with Gasteiger partial charge in [0, 0.05) is 54.8 Å². The Morgan fingerprint density at radius 3 is 2.30 bits per heavy atom. The maximum absolute atomic E-state index is 14.0. The van der Waals surface area contributed by atoms with E-state index in [1.807, 2.05) is 25.9 Å². The number of nitrogens with zero attached hydrogens (tertiary/aromatic N) is 1. The van der Waals surface area contributed by atoms with Crippen LogP contribution in [0.15, 0.2) is 24.3 Å². The van der Waals surface area contributed by atoms with Crippen LogP contribution in [-0.2, 0) is 52.3 Å². The number of Topliss-reactive ketones (excluding diaryl/α,β-unsaturated/α-hetero) is 2. The Morgan fingerprint density at radius 2 is 1.60 bits per heavy atom. The number of methoxy groups -OCH3 is 1. The molecule has 6 aliphatic rings. The van der Waals surface area contributed by atoms with Crippen LogP contribution in [-0.4, -0.2) is 144 Å². The van der Waals surface area contributed by atoms with Gasteiger partial charge >= 0.3 is 5.97 Å². The Labute approximate surface area is 346 Å². The molecule has 2 aromatic rings. The van der Waals surface area contributed by atoms with Crippen molar-refractivity contribution in [3.63, 3.8) is 0 Å². The van der Waals surface area contributed by atoms with E-state index in [4.69, 9.17) is 37.9 Å². The first kappa shape index (κ1) is 42.5. The molecule has 0 aromatic heterocycles. The molecular formula is C43H51NO16. The number of hydrogen-bond donors (Lipinski definition) is 3. The van der Waals surface area contributed by atoms with Crippen LogP contribution >= 0.6 is 0 Å². The first-order valence-corrected chi connectivity index (χ1v) is 20.3. The molecule has 0 amide bonds. The Morgan fingerprint density at radius 1 is 0.883 bits per heavy atom. The molecule has 17 heteroatoms. The average molecular weight is 838 g/mol. The largest absolute Gasteiger partial charge is 0.507 e. The molecule has 0 radical (unpaired) electrons. The van der Waals surface area contributed by atoms with Crippen LogP contribution in [0.2, 0.25) is 0 Å². The van der Waals surface area contributed by atoms with Crippen molar-refractivity contribution in [3.8, 4) is 11.5 Å². The van der Waals surface area contributed by atoms with Crippen LogP contribution in [0.3, 0.4) is 0 Å². The van der Waals surface area contributed by atoms with Gasteiger partial charge in [-0.1, -0.05) is 12.1 Å². The average Bonchev–Trinajstić information content (AvgIpc) is 3.16. The first-order chi connectivity index (χ1) is 28.4. The van der Waals surface area contributed by atoms with Crippen molar-refractivity contribution in [3.05, 3.63) is 57.6 Å². The number of rotatable bonds is 8. The highest BCUT2D eigenvalue weighted by molar-refractivity contribution is 6.30. The quantitative estimate of drug-likeness (QED) is 0.278. The number of hydrogen-bond acceptors (Lipinski definition) is 17. The lowest BCUT2D eigenvalue weighted by molar-refractivity contribution is -0.371. The summed E-state index contributed by atoms with van der Waals surface area (Å²) in [6, 6.07) is 4.93. The first-order valence-electron chi connectivity index (χ1n) is 20.3. The predicted molar refractivity (Wildman–Crippen MR) is 204 cm³/mol.